The lowest BCUT2D eigenvalue weighted by molar-refractivity contribution is 0.102. The quantitative estimate of drug-likeness (QED) is 0.742. The predicted octanol–water partition coefficient (Wildman–Crippen LogP) is 2.34. The first-order valence-corrected chi connectivity index (χ1v) is 9.95. The van der Waals surface area contributed by atoms with Crippen molar-refractivity contribution in [1.82, 2.24) is 9.62 Å². The van der Waals surface area contributed by atoms with Gasteiger partial charge in [-0.2, -0.15) is 0 Å². The highest BCUT2D eigenvalue weighted by atomic mass is 32.2. The van der Waals surface area contributed by atoms with Gasteiger partial charge in [-0.05, 0) is 62.5 Å². The smallest absolute Gasteiger partial charge is 0.255 e. The molecule has 0 radical (unpaired) electrons. The molecule has 0 aliphatic rings. The first-order chi connectivity index (χ1) is 12.3. The van der Waals surface area contributed by atoms with Crippen molar-refractivity contribution in [2.24, 2.45) is 0 Å². The van der Waals surface area contributed by atoms with Crippen molar-refractivity contribution < 1.29 is 13.2 Å². The molecule has 0 bridgehead atoms. The number of aryl methyl sites for hydroxylation is 1. The molecule has 0 aromatic heterocycles. The lowest BCUT2D eigenvalue weighted by Crippen LogP contribution is -2.31. The Labute approximate surface area is 155 Å². The van der Waals surface area contributed by atoms with Crippen LogP contribution in [0.4, 0.5) is 5.69 Å². The molecule has 0 aliphatic heterocycles. The molecule has 0 spiro atoms. The summed E-state index contributed by atoms with van der Waals surface area (Å²) in [5.41, 5.74) is 2.30. The van der Waals surface area contributed by atoms with Crippen LogP contribution in [-0.2, 0) is 16.4 Å². The number of amides is 1. The topological polar surface area (TPSA) is 78.5 Å². The maximum absolute atomic E-state index is 12.3. The highest BCUT2D eigenvalue weighted by Crippen LogP contribution is 2.14. The van der Waals surface area contributed by atoms with Gasteiger partial charge in [-0.15, -0.1) is 0 Å². The van der Waals surface area contributed by atoms with Gasteiger partial charge in [0, 0.05) is 24.3 Å². The first-order valence-electron chi connectivity index (χ1n) is 8.46. The summed E-state index contributed by atoms with van der Waals surface area (Å²) in [6.45, 7) is 3.00. The van der Waals surface area contributed by atoms with Gasteiger partial charge in [-0.3, -0.25) is 4.79 Å². The monoisotopic (exact) mass is 375 g/mol. The molecule has 0 atom stereocenters. The number of nitrogens with zero attached hydrogens (tertiary/aromatic N) is 1. The van der Waals surface area contributed by atoms with Gasteiger partial charge >= 0.3 is 0 Å². The van der Waals surface area contributed by atoms with E-state index in [2.05, 4.69) is 17.0 Å². The fourth-order valence-corrected chi connectivity index (χ4v) is 3.32. The van der Waals surface area contributed by atoms with Crippen molar-refractivity contribution in [1.29, 1.82) is 0 Å². The number of sulfonamides is 1. The highest BCUT2D eigenvalue weighted by Gasteiger charge is 2.14. The summed E-state index contributed by atoms with van der Waals surface area (Å²) in [5, 5.41) is 2.80. The van der Waals surface area contributed by atoms with E-state index in [1.54, 1.807) is 0 Å². The van der Waals surface area contributed by atoms with Crippen LogP contribution in [0.5, 0.6) is 0 Å². The summed E-state index contributed by atoms with van der Waals surface area (Å²) in [4.78, 5) is 14.3. The molecule has 2 aromatic carbocycles. The van der Waals surface area contributed by atoms with Crippen LogP contribution in [0.15, 0.2) is 53.4 Å². The van der Waals surface area contributed by atoms with Crippen LogP contribution in [0, 0.1) is 0 Å². The fraction of sp³-hybridized carbons (Fsp3) is 0.316. The molecular formula is C19H25N3O3S. The number of carbonyl (C=O) groups excluding carboxylic acids is 1. The van der Waals surface area contributed by atoms with Gasteiger partial charge in [0.25, 0.3) is 5.91 Å². The Hall–Kier alpha value is -2.22. The van der Waals surface area contributed by atoms with Gasteiger partial charge in [-0.25, -0.2) is 13.1 Å². The first kappa shape index (κ1) is 20.1. The number of benzene rings is 2. The molecule has 7 heteroatoms. The van der Waals surface area contributed by atoms with Crippen LogP contribution in [0.1, 0.15) is 22.8 Å². The maximum atomic E-state index is 12.3. The van der Waals surface area contributed by atoms with Crippen molar-refractivity contribution >= 4 is 21.6 Å². The van der Waals surface area contributed by atoms with E-state index in [4.69, 9.17) is 0 Å². The number of nitrogens with one attached hydrogen (secondary N) is 2. The Morgan fingerprint density at radius 3 is 2.15 bits per heavy atom. The Kier molecular flexibility index (Phi) is 6.90. The minimum atomic E-state index is -3.57. The van der Waals surface area contributed by atoms with Crippen molar-refractivity contribution in [3.8, 4) is 0 Å². The van der Waals surface area contributed by atoms with Crippen LogP contribution in [0.3, 0.4) is 0 Å². The number of anilines is 1. The van der Waals surface area contributed by atoms with Gasteiger partial charge in [0.15, 0.2) is 0 Å². The van der Waals surface area contributed by atoms with Gasteiger partial charge in [0.1, 0.15) is 0 Å². The summed E-state index contributed by atoms with van der Waals surface area (Å²) in [6.07, 6.45) is 0.937. The molecule has 1 amide bonds. The Bertz CT molecular complexity index is 829. The number of likely N-dealkylation sites (N-methyl/N-ethyl adjacent to an activating group) is 1. The number of carbonyl (C=O) groups is 1. The summed E-state index contributed by atoms with van der Waals surface area (Å²) in [5.74, 6) is -0.279. The lowest BCUT2D eigenvalue weighted by Gasteiger charge is -2.11. The molecule has 0 heterocycles. The summed E-state index contributed by atoms with van der Waals surface area (Å²) >= 11 is 0. The highest BCUT2D eigenvalue weighted by molar-refractivity contribution is 7.89. The predicted molar refractivity (Wildman–Crippen MR) is 104 cm³/mol. The Morgan fingerprint density at radius 2 is 1.62 bits per heavy atom. The molecule has 0 saturated carbocycles. The van der Waals surface area contributed by atoms with Crippen molar-refractivity contribution in [3.63, 3.8) is 0 Å². The molecule has 6 nitrogen and oxygen atoms in total. The minimum absolute atomic E-state index is 0.139. The third kappa shape index (κ3) is 5.66. The van der Waals surface area contributed by atoms with Crippen molar-refractivity contribution in [3.05, 3.63) is 59.7 Å². The molecule has 0 aliphatic carbocycles. The SMILES string of the molecule is CCc1ccc(NC(=O)c2ccc(S(=O)(=O)NCCN(C)C)cc2)cc1. The molecule has 2 aromatic rings. The molecule has 2 N–H and O–H groups in total. The van der Waals surface area contributed by atoms with E-state index >= 15 is 0 Å². The van der Waals surface area contributed by atoms with Gasteiger partial charge in [0.05, 0.1) is 4.90 Å². The number of hydrogen-bond donors (Lipinski definition) is 2. The second-order valence-electron chi connectivity index (χ2n) is 6.23. The molecule has 140 valence electrons. The van der Waals surface area contributed by atoms with E-state index in [0.29, 0.717) is 24.3 Å². The zero-order chi connectivity index (χ0) is 19.2. The van der Waals surface area contributed by atoms with Crippen molar-refractivity contribution in [2.75, 3.05) is 32.5 Å². The zero-order valence-corrected chi connectivity index (χ0v) is 16.1. The third-order valence-corrected chi connectivity index (χ3v) is 5.37. The molecule has 26 heavy (non-hydrogen) atoms. The normalized spacial score (nSPS) is 11.5. The van der Waals surface area contributed by atoms with Crippen LogP contribution in [-0.4, -0.2) is 46.4 Å². The fourth-order valence-electron chi connectivity index (χ4n) is 2.30. The summed E-state index contributed by atoms with van der Waals surface area (Å²) in [7, 11) is 0.172. The molecule has 2 rings (SSSR count). The molecular weight excluding hydrogens is 350 g/mol. The van der Waals surface area contributed by atoms with E-state index in [0.717, 1.165) is 6.42 Å². The molecule has 0 fully saturated rings. The van der Waals surface area contributed by atoms with Crippen LogP contribution < -0.4 is 10.0 Å². The maximum Gasteiger partial charge on any atom is 0.255 e. The summed E-state index contributed by atoms with van der Waals surface area (Å²) in [6, 6.07) is 13.5. The van der Waals surface area contributed by atoms with Gasteiger partial charge < -0.3 is 10.2 Å². The van der Waals surface area contributed by atoms with Crippen LogP contribution in [0.2, 0.25) is 0 Å². The Balaban J connectivity index is 2.02. The van der Waals surface area contributed by atoms with Crippen LogP contribution >= 0.6 is 0 Å². The Morgan fingerprint density at radius 1 is 1.00 bits per heavy atom. The lowest BCUT2D eigenvalue weighted by atomic mass is 10.1. The number of rotatable bonds is 8. The third-order valence-electron chi connectivity index (χ3n) is 3.90. The van der Waals surface area contributed by atoms with E-state index in [1.165, 1.54) is 29.8 Å². The second-order valence-corrected chi connectivity index (χ2v) is 8.00. The minimum Gasteiger partial charge on any atom is -0.322 e. The summed E-state index contributed by atoms with van der Waals surface area (Å²) < 4.78 is 27.0. The average Bonchev–Trinajstić information content (AvgIpc) is 2.62. The molecule has 0 unspecified atom stereocenters. The zero-order valence-electron chi connectivity index (χ0n) is 15.3. The standard InChI is InChI=1S/C19H25N3O3S/c1-4-15-5-9-17(10-6-15)21-19(23)16-7-11-18(12-8-16)26(24,25)20-13-14-22(2)3/h5-12,20H,4,13-14H2,1-3H3,(H,21,23). The molecule has 0 saturated heterocycles. The van der Waals surface area contributed by atoms with Gasteiger partial charge in [0.2, 0.25) is 10.0 Å². The van der Waals surface area contributed by atoms with Crippen LogP contribution in [0.25, 0.3) is 0 Å². The van der Waals surface area contributed by atoms with E-state index in [-0.39, 0.29) is 10.8 Å². The van der Waals surface area contributed by atoms with E-state index < -0.39 is 10.0 Å². The van der Waals surface area contributed by atoms with E-state index in [9.17, 15) is 13.2 Å². The second kappa shape index (κ2) is 8.93. The largest absolute Gasteiger partial charge is 0.322 e. The number of hydrogen-bond acceptors (Lipinski definition) is 4. The average molecular weight is 375 g/mol. The van der Waals surface area contributed by atoms with E-state index in [1.807, 2.05) is 43.3 Å². The van der Waals surface area contributed by atoms with Crippen molar-refractivity contribution in [2.45, 2.75) is 18.2 Å². The van der Waals surface area contributed by atoms with Gasteiger partial charge in [-0.1, -0.05) is 19.1 Å².